The number of rotatable bonds is 7. The van der Waals surface area contributed by atoms with Gasteiger partial charge in [-0.2, -0.15) is 10.1 Å². The molecular weight excluding hydrogens is 388 g/mol. The Kier molecular flexibility index (Phi) is 5.98. The zero-order valence-corrected chi connectivity index (χ0v) is 17.4. The lowest BCUT2D eigenvalue weighted by Crippen LogP contribution is -2.44. The molecule has 3 atom stereocenters. The van der Waals surface area contributed by atoms with Gasteiger partial charge in [-0.05, 0) is 43.0 Å². The summed E-state index contributed by atoms with van der Waals surface area (Å²) in [6, 6.07) is 28.0. The van der Waals surface area contributed by atoms with E-state index in [1.807, 2.05) is 85.8 Å². The fourth-order valence-electron chi connectivity index (χ4n) is 4.19. The lowest BCUT2D eigenvalue weighted by Gasteiger charge is -2.32. The van der Waals surface area contributed by atoms with Crippen LogP contribution in [0.4, 0.5) is 5.69 Å². The molecule has 2 unspecified atom stereocenters. The Morgan fingerprint density at radius 2 is 1.42 bits per heavy atom. The fraction of sp³-hybridized carbons (Fsp3) is 0.231. The molecule has 0 aliphatic carbocycles. The molecule has 0 saturated heterocycles. The number of nitrogens with zero attached hydrogens (tertiary/aromatic N) is 2. The summed E-state index contributed by atoms with van der Waals surface area (Å²) in [7, 11) is 0. The van der Waals surface area contributed by atoms with Crippen molar-refractivity contribution < 1.29 is 15.0 Å². The van der Waals surface area contributed by atoms with Gasteiger partial charge in [0.1, 0.15) is 6.10 Å². The van der Waals surface area contributed by atoms with E-state index in [2.05, 4.69) is 5.10 Å². The maximum atomic E-state index is 13.8. The van der Waals surface area contributed by atoms with Gasteiger partial charge < -0.3 is 10.2 Å². The Hall–Kier alpha value is -3.28. The molecule has 1 heterocycles. The molecule has 158 valence electrons. The molecule has 0 radical (unpaired) electrons. The van der Waals surface area contributed by atoms with E-state index in [-0.39, 0.29) is 12.3 Å². The van der Waals surface area contributed by atoms with Crippen molar-refractivity contribution in [1.82, 2.24) is 0 Å². The highest BCUT2D eigenvalue weighted by Crippen LogP contribution is 2.41. The van der Waals surface area contributed by atoms with E-state index >= 15 is 0 Å². The number of hydrogen-bond acceptors (Lipinski definition) is 4. The second-order valence-corrected chi connectivity index (χ2v) is 8.01. The summed E-state index contributed by atoms with van der Waals surface area (Å²) in [4.78, 5) is 13.8. The Morgan fingerprint density at radius 3 is 2.03 bits per heavy atom. The van der Waals surface area contributed by atoms with Gasteiger partial charge >= 0.3 is 0 Å². The van der Waals surface area contributed by atoms with Crippen molar-refractivity contribution >= 4 is 17.3 Å². The van der Waals surface area contributed by atoms with Crippen LogP contribution in [0, 0.1) is 5.41 Å². The third kappa shape index (κ3) is 4.15. The summed E-state index contributed by atoms with van der Waals surface area (Å²) in [5.74, 6) is -0.195. The summed E-state index contributed by atoms with van der Waals surface area (Å²) in [6.07, 6.45) is -1.77. The van der Waals surface area contributed by atoms with Crippen LogP contribution in [0.2, 0.25) is 0 Å². The first-order valence-corrected chi connectivity index (χ1v) is 10.4. The molecule has 0 fully saturated rings. The van der Waals surface area contributed by atoms with Crippen molar-refractivity contribution in [2.75, 3.05) is 5.01 Å². The van der Waals surface area contributed by atoms with Crippen LogP contribution in [0.3, 0.4) is 0 Å². The minimum Gasteiger partial charge on any atom is -0.390 e. The summed E-state index contributed by atoms with van der Waals surface area (Å²) in [5, 5.41) is 27.8. The highest BCUT2D eigenvalue weighted by molar-refractivity contribution is 6.18. The first-order chi connectivity index (χ1) is 15.0. The number of hydrazone groups is 1. The molecule has 5 heteroatoms. The van der Waals surface area contributed by atoms with Crippen LogP contribution in [0.25, 0.3) is 0 Å². The van der Waals surface area contributed by atoms with Crippen molar-refractivity contribution in [2.45, 2.75) is 32.0 Å². The predicted molar refractivity (Wildman–Crippen MR) is 122 cm³/mol. The summed E-state index contributed by atoms with van der Waals surface area (Å²) in [6.45, 7) is 1.82. The average Bonchev–Trinajstić information content (AvgIpc) is 3.05. The SMILES string of the molecule is CC1=NN(c2ccccc2)C(=O)[C@@]1(Cc1ccccc1)CC(O)C(O)c1ccccc1. The minimum absolute atomic E-state index is 0.0649. The van der Waals surface area contributed by atoms with Crippen molar-refractivity contribution in [3.8, 4) is 0 Å². The number of benzene rings is 3. The Balaban J connectivity index is 1.69. The van der Waals surface area contributed by atoms with E-state index in [0.29, 0.717) is 23.4 Å². The first-order valence-electron chi connectivity index (χ1n) is 10.4. The molecule has 31 heavy (non-hydrogen) atoms. The molecule has 3 aromatic carbocycles. The van der Waals surface area contributed by atoms with Crippen LogP contribution in [-0.4, -0.2) is 27.9 Å². The van der Waals surface area contributed by atoms with Crippen molar-refractivity contribution in [3.63, 3.8) is 0 Å². The quantitative estimate of drug-likeness (QED) is 0.611. The van der Waals surface area contributed by atoms with Gasteiger partial charge in [0.25, 0.3) is 5.91 Å². The molecule has 3 aromatic rings. The molecule has 5 nitrogen and oxygen atoms in total. The van der Waals surface area contributed by atoms with Crippen molar-refractivity contribution in [3.05, 3.63) is 102 Å². The number of anilines is 1. The van der Waals surface area contributed by atoms with Gasteiger partial charge in [0.05, 0.1) is 22.9 Å². The predicted octanol–water partition coefficient (Wildman–Crippen LogP) is 4.12. The number of carbonyl (C=O) groups is 1. The van der Waals surface area contributed by atoms with E-state index < -0.39 is 17.6 Å². The zero-order valence-electron chi connectivity index (χ0n) is 17.4. The van der Waals surface area contributed by atoms with Crippen LogP contribution in [0.1, 0.15) is 30.6 Å². The fourth-order valence-corrected chi connectivity index (χ4v) is 4.19. The highest BCUT2D eigenvalue weighted by atomic mass is 16.3. The molecule has 4 rings (SSSR count). The molecule has 1 amide bonds. The van der Waals surface area contributed by atoms with Gasteiger partial charge in [0, 0.05) is 0 Å². The van der Waals surface area contributed by atoms with E-state index in [4.69, 9.17) is 0 Å². The van der Waals surface area contributed by atoms with Gasteiger partial charge in [0.2, 0.25) is 0 Å². The minimum atomic E-state index is -1.13. The molecule has 0 spiro atoms. The Morgan fingerprint density at radius 1 is 0.871 bits per heavy atom. The van der Waals surface area contributed by atoms with Crippen molar-refractivity contribution in [2.24, 2.45) is 10.5 Å². The molecule has 1 aliphatic heterocycles. The molecule has 0 saturated carbocycles. The second kappa shape index (κ2) is 8.84. The summed E-state index contributed by atoms with van der Waals surface area (Å²) < 4.78 is 0. The monoisotopic (exact) mass is 414 g/mol. The number of hydrogen-bond donors (Lipinski definition) is 2. The molecule has 2 N–H and O–H groups in total. The third-order valence-electron chi connectivity index (χ3n) is 5.96. The van der Waals surface area contributed by atoms with Crippen LogP contribution < -0.4 is 5.01 Å². The number of aliphatic hydroxyl groups is 2. The molecular formula is C26H26N2O3. The number of carbonyl (C=O) groups excluding carboxylic acids is 1. The van der Waals surface area contributed by atoms with E-state index in [9.17, 15) is 15.0 Å². The van der Waals surface area contributed by atoms with Gasteiger partial charge in [-0.1, -0.05) is 78.9 Å². The maximum absolute atomic E-state index is 13.8. The molecule has 0 bridgehead atoms. The first kappa shape index (κ1) is 21.0. The smallest absolute Gasteiger partial charge is 0.259 e. The Labute approximate surface area is 182 Å². The molecule has 1 aliphatic rings. The highest BCUT2D eigenvalue weighted by Gasteiger charge is 2.51. The molecule has 0 aromatic heterocycles. The van der Waals surface area contributed by atoms with Gasteiger partial charge in [0.15, 0.2) is 0 Å². The Bertz CT molecular complexity index is 1050. The van der Waals surface area contributed by atoms with Crippen LogP contribution >= 0.6 is 0 Å². The van der Waals surface area contributed by atoms with Crippen molar-refractivity contribution in [1.29, 1.82) is 0 Å². The number of aliphatic hydroxyl groups excluding tert-OH is 2. The van der Waals surface area contributed by atoms with Crippen LogP contribution in [0.5, 0.6) is 0 Å². The lowest BCUT2D eigenvalue weighted by atomic mass is 9.72. The standard InChI is InChI=1S/C26H26N2O3/c1-19-26(17-20-11-5-2-6-12-20,18-23(29)24(30)21-13-7-3-8-14-21)25(31)28(27-19)22-15-9-4-10-16-22/h2-16,23-24,29-30H,17-18H2,1H3/t23?,24?,26-/m0/s1. The second-order valence-electron chi connectivity index (χ2n) is 8.01. The largest absolute Gasteiger partial charge is 0.390 e. The van der Waals surface area contributed by atoms with Crippen LogP contribution in [-0.2, 0) is 11.2 Å². The maximum Gasteiger partial charge on any atom is 0.259 e. The van der Waals surface area contributed by atoms with Gasteiger partial charge in [-0.3, -0.25) is 4.79 Å². The zero-order chi connectivity index (χ0) is 21.8. The summed E-state index contributed by atoms with van der Waals surface area (Å²) >= 11 is 0. The summed E-state index contributed by atoms with van der Waals surface area (Å²) in [5.41, 5.74) is 1.85. The third-order valence-corrected chi connectivity index (χ3v) is 5.96. The number of amides is 1. The van der Waals surface area contributed by atoms with E-state index in [1.54, 1.807) is 12.1 Å². The van der Waals surface area contributed by atoms with Gasteiger partial charge in [-0.15, -0.1) is 0 Å². The normalized spacial score (nSPS) is 20.4. The van der Waals surface area contributed by atoms with E-state index in [1.165, 1.54) is 5.01 Å². The van der Waals surface area contributed by atoms with E-state index in [0.717, 1.165) is 5.56 Å². The van der Waals surface area contributed by atoms with Crippen LogP contribution in [0.15, 0.2) is 96.1 Å². The lowest BCUT2D eigenvalue weighted by molar-refractivity contribution is -0.126. The average molecular weight is 415 g/mol. The topological polar surface area (TPSA) is 73.1 Å². The van der Waals surface area contributed by atoms with Gasteiger partial charge in [-0.25, -0.2) is 0 Å². The number of para-hydroxylation sites is 1.